The minimum Gasteiger partial charge on any atom is -0.366 e. The van der Waals surface area contributed by atoms with Crippen LogP contribution in [0.3, 0.4) is 0 Å². The van der Waals surface area contributed by atoms with E-state index < -0.39 is 0 Å². The van der Waals surface area contributed by atoms with Crippen molar-refractivity contribution in [1.29, 1.82) is 0 Å². The Hall–Kier alpha value is -0.300. The smallest absolute Gasteiger partial charge is 0.0920 e. The zero-order chi connectivity index (χ0) is 8.06. The molecule has 2 rings (SSSR count). The number of hydrogen-bond acceptors (Lipinski definition) is 1. The third-order valence-corrected chi connectivity index (χ3v) is 3.22. The van der Waals surface area contributed by atoms with E-state index in [2.05, 4.69) is 20.4 Å². The summed E-state index contributed by atoms with van der Waals surface area (Å²) in [4.78, 5) is 0. The Kier molecular flexibility index (Phi) is 1.40. The molecule has 2 fully saturated rings. The molecule has 62 valence electrons. The van der Waals surface area contributed by atoms with Gasteiger partial charge in [-0.25, -0.2) is 0 Å². The quantitative estimate of drug-likeness (QED) is 0.415. The van der Waals surface area contributed by atoms with E-state index in [0.29, 0.717) is 6.10 Å². The molecule has 1 heteroatoms. The second-order valence-corrected chi connectivity index (χ2v) is 4.24. The molecule has 11 heavy (non-hydrogen) atoms. The summed E-state index contributed by atoms with van der Waals surface area (Å²) in [5, 5.41) is 0. The highest BCUT2D eigenvalue weighted by Gasteiger charge is 2.55. The van der Waals surface area contributed by atoms with Gasteiger partial charge in [0.05, 0.1) is 11.7 Å². The van der Waals surface area contributed by atoms with Crippen LogP contribution in [0.25, 0.3) is 0 Å². The van der Waals surface area contributed by atoms with Gasteiger partial charge in [-0.15, -0.1) is 0 Å². The molecule has 0 radical (unpaired) electrons. The van der Waals surface area contributed by atoms with Gasteiger partial charge in [-0.2, -0.15) is 0 Å². The summed E-state index contributed by atoms with van der Waals surface area (Å²) in [7, 11) is 0. The molecule has 1 aliphatic carbocycles. The lowest BCUT2D eigenvalue weighted by Crippen LogP contribution is -2.21. The molecule has 0 aromatic carbocycles. The normalized spacial score (nSPS) is 48.2. The van der Waals surface area contributed by atoms with Gasteiger partial charge in [0.25, 0.3) is 0 Å². The second kappa shape index (κ2) is 2.10. The Bertz CT molecular complexity index is 197. The lowest BCUT2D eigenvalue weighted by molar-refractivity contribution is 0.303. The van der Waals surface area contributed by atoms with Crippen molar-refractivity contribution in [3.63, 3.8) is 0 Å². The molecule has 2 aliphatic rings. The molecule has 3 atom stereocenters. The lowest BCUT2D eigenvalue weighted by Gasteiger charge is -2.22. The summed E-state index contributed by atoms with van der Waals surface area (Å²) >= 11 is 0. The van der Waals surface area contributed by atoms with Crippen LogP contribution < -0.4 is 0 Å². The van der Waals surface area contributed by atoms with E-state index >= 15 is 0 Å². The third-order valence-electron chi connectivity index (χ3n) is 3.22. The minimum absolute atomic E-state index is 0.270. The van der Waals surface area contributed by atoms with Crippen LogP contribution in [0.5, 0.6) is 0 Å². The van der Waals surface area contributed by atoms with E-state index in [1.54, 1.807) is 0 Å². The Morgan fingerprint density at radius 1 is 1.64 bits per heavy atom. The number of allylic oxidation sites excluding steroid dienone is 1. The first kappa shape index (κ1) is 7.35. The molecular formula is C10H16O. The van der Waals surface area contributed by atoms with Crippen molar-refractivity contribution in [1.82, 2.24) is 0 Å². The van der Waals surface area contributed by atoms with E-state index in [1.165, 1.54) is 24.8 Å². The standard InChI is InChI=1S/C10H16O/c1-7(2)8-4-5-10(3)9(6-8)11-10/h8-9H,1,4-6H2,2-3H3/t8?,9-,10-/m0/s1. The van der Waals surface area contributed by atoms with Crippen molar-refractivity contribution >= 4 is 0 Å². The maximum absolute atomic E-state index is 5.60. The first-order valence-electron chi connectivity index (χ1n) is 4.45. The Morgan fingerprint density at radius 2 is 2.36 bits per heavy atom. The minimum atomic E-state index is 0.270. The molecule has 1 heterocycles. The van der Waals surface area contributed by atoms with Gasteiger partial charge >= 0.3 is 0 Å². The number of ether oxygens (including phenoxy) is 1. The van der Waals surface area contributed by atoms with Crippen LogP contribution in [-0.2, 0) is 4.74 Å². The van der Waals surface area contributed by atoms with Gasteiger partial charge in [-0.05, 0) is 39.0 Å². The monoisotopic (exact) mass is 152 g/mol. The SMILES string of the molecule is C=C(C)C1CC[C@]2(C)O[C@H]2C1. The molecule has 0 bridgehead atoms. The molecule has 1 nitrogen and oxygen atoms in total. The molecule has 1 saturated carbocycles. The molecule has 0 aromatic heterocycles. The summed E-state index contributed by atoms with van der Waals surface area (Å²) in [6, 6.07) is 0. The number of rotatable bonds is 1. The zero-order valence-electron chi connectivity index (χ0n) is 7.39. The summed E-state index contributed by atoms with van der Waals surface area (Å²) in [6.45, 7) is 8.36. The highest BCUT2D eigenvalue weighted by molar-refractivity contribution is 5.10. The number of fused-ring (bicyclic) bond motifs is 1. The van der Waals surface area contributed by atoms with Gasteiger partial charge in [0.2, 0.25) is 0 Å². The van der Waals surface area contributed by atoms with E-state index in [4.69, 9.17) is 4.74 Å². The van der Waals surface area contributed by atoms with Gasteiger partial charge in [0, 0.05) is 0 Å². The van der Waals surface area contributed by atoms with E-state index in [9.17, 15) is 0 Å². The van der Waals surface area contributed by atoms with Crippen molar-refractivity contribution in [2.24, 2.45) is 5.92 Å². The molecule has 0 aromatic rings. The summed E-state index contributed by atoms with van der Waals surface area (Å²) in [5.74, 6) is 0.732. The van der Waals surface area contributed by atoms with Crippen LogP contribution in [0, 0.1) is 5.92 Å². The Balaban J connectivity index is 1.98. The van der Waals surface area contributed by atoms with Crippen LogP contribution in [-0.4, -0.2) is 11.7 Å². The van der Waals surface area contributed by atoms with Gasteiger partial charge in [-0.3, -0.25) is 0 Å². The Labute approximate surface area is 68.4 Å². The highest BCUT2D eigenvalue weighted by Crippen LogP contribution is 2.50. The number of epoxide rings is 1. The largest absolute Gasteiger partial charge is 0.366 e. The third kappa shape index (κ3) is 1.12. The summed E-state index contributed by atoms with van der Waals surface area (Å²) in [6.07, 6.45) is 4.28. The Morgan fingerprint density at radius 3 is 2.91 bits per heavy atom. The van der Waals surface area contributed by atoms with E-state index in [-0.39, 0.29) is 5.60 Å². The number of hydrogen-bond donors (Lipinski definition) is 0. The van der Waals surface area contributed by atoms with Crippen LogP contribution in [0.4, 0.5) is 0 Å². The summed E-state index contributed by atoms with van der Waals surface area (Å²) in [5.41, 5.74) is 1.61. The van der Waals surface area contributed by atoms with Crippen molar-refractivity contribution in [2.75, 3.05) is 0 Å². The van der Waals surface area contributed by atoms with Crippen LogP contribution in [0.15, 0.2) is 12.2 Å². The van der Waals surface area contributed by atoms with E-state index in [0.717, 1.165) is 5.92 Å². The molecule has 1 unspecified atom stereocenters. The van der Waals surface area contributed by atoms with Gasteiger partial charge in [0.1, 0.15) is 0 Å². The molecule has 1 saturated heterocycles. The first-order valence-corrected chi connectivity index (χ1v) is 4.45. The maximum atomic E-state index is 5.60. The van der Waals surface area contributed by atoms with Crippen LogP contribution >= 0.6 is 0 Å². The van der Waals surface area contributed by atoms with Crippen LogP contribution in [0.1, 0.15) is 33.1 Å². The average molecular weight is 152 g/mol. The van der Waals surface area contributed by atoms with Crippen molar-refractivity contribution in [2.45, 2.75) is 44.8 Å². The fourth-order valence-electron chi connectivity index (χ4n) is 2.09. The van der Waals surface area contributed by atoms with Gasteiger partial charge < -0.3 is 4.74 Å². The molecule has 0 spiro atoms. The zero-order valence-corrected chi connectivity index (χ0v) is 7.39. The van der Waals surface area contributed by atoms with Crippen molar-refractivity contribution < 1.29 is 4.74 Å². The van der Waals surface area contributed by atoms with Gasteiger partial charge in [0.15, 0.2) is 0 Å². The molecule has 0 N–H and O–H groups in total. The maximum Gasteiger partial charge on any atom is 0.0920 e. The topological polar surface area (TPSA) is 12.5 Å². The van der Waals surface area contributed by atoms with Crippen molar-refractivity contribution in [3.8, 4) is 0 Å². The summed E-state index contributed by atoms with van der Waals surface area (Å²) < 4.78 is 5.60. The molecular weight excluding hydrogens is 136 g/mol. The fourth-order valence-corrected chi connectivity index (χ4v) is 2.09. The predicted molar refractivity (Wildman–Crippen MR) is 45.4 cm³/mol. The lowest BCUT2D eigenvalue weighted by atomic mass is 9.80. The average Bonchev–Trinajstić information content (AvgIpc) is 2.58. The van der Waals surface area contributed by atoms with E-state index in [1.807, 2.05) is 0 Å². The fraction of sp³-hybridized carbons (Fsp3) is 0.800. The van der Waals surface area contributed by atoms with Crippen molar-refractivity contribution in [3.05, 3.63) is 12.2 Å². The second-order valence-electron chi connectivity index (χ2n) is 4.24. The highest BCUT2D eigenvalue weighted by atomic mass is 16.6. The predicted octanol–water partition coefficient (Wildman–Crippen LogP) is 2.52. The first-order chi connectivity index (χ1) is 5.12. The van der Waals surface area contributed by atoms with Gasteiger partial charge in [-0.1, -0.05) is 12.2 Å². The van der Waals surface area contributed by atoms with Crippen LogP contribution in [0.2, 0.25) is 0 Å². The molecule has 1 aliphatic heterocycles. The molecule has 0 amide bonds.